The van der Waals surface area contributed by atoms with Crippen LogP contribution < -0.4 is 0 Å². The zero-order chi connectivity index (χ0) is 11.5. The Hall–Kier alpha value is -1.31. The van der Waals surface area contributed by atoms with Crippen molar-refractivity contribution in [3.8, 4) is 11.8 Å². The van der Waals surface area contributed by atoms with Gasteiger partial charge in [-0.15, -0.1) is 0 Å². The van der Waals surface area contributed by atoms with Crippen molar-refractivity contribution in [2.24, 2.45) is 0 Å². The zero-order valence-electron chi connectivity index (χ0n) is 8.61. The average molecular weight is 224 g/mol. The zero-order valence-corrected chi connectivity index (χ0v) is 9.43. The van der Waals surface area contributed by atoms with Crippen LogP contribution in [0.3, 0.4) is 0 Å². The smallest absolute Gasteiger partial charge is 0.282 e. The number of hydrogen-bond donors (Lipinski definition) is 1. The molecule has 4 heteroatoms. The molecule has 0 radical (unpaired) electrons. The fourth-order valence-corrected chi connectivity index (χ4v) is 1.59. The standard InChI is InChI=1S/C11H12O3S/c1-3-4-5-10-8-11(15(12,13)14)7-6-9(10)2/h6-8H,3H2,1-2H3,(H,12,13,14). The lowest BCUT2D eigenvalue weighted by Crippen LogP contribution is -1.99. The largest absolute Gasteiger partial charge is 0.294 e. The molecule has 3 nitrogen and oxygen atoms in total. The Morgan fingerprint density at radius 1 is 1.40 bits per heavy atom. The summed E-state index contributed by atoms with van der Waals surface area (Å²) in [5.41, 5.74) is 1.52. The molecule has 1 aromatic rings. The molecule has 0 atom stereocenters. The predicted molar refractivity (Wildman–Crippen MR) is 58.2 cm³/mol. The van der Waals surface area contributed by atoms with Gasteiger partial charge in [0.15, 0.2) is 0 Å². The van der Waals surface area contributed by atoms with Crippen molar-refractivity contribution in [1.29, 1.82) is 0 Å². The van der Waals surface area contributed by atoms with Gasteiger partial charge in [-0.2, -0.15) is 8.42 Å². The molecule has 0 aliphatic rings. The van der Waals surface area contributed by atoms with Crippen LogP contribution in [-0.4, -0.2) is 13.0 Å². The highest BCUT2D eigenvalue weighted by atomic mass is 32.2. The van der Waals surface area contributed by atoms with Gasteiger partial charge in [0.25, 0.3) is 10.1 Å². The molecule has 0 aliphatic carbocycles. The van der Waals surface area contributed by atoms with E-state index in [4.69, 9.17) is 4.55 Å². The van der Waals surface area contributed by atoms with Gasteiger partial charge in [-0.25, -0.2) is 0 Å². The molecule has 0 bridgehead atoms. The molecule has 1 N–H and O–H groups in total. The molecular weight excluding hydrogens is 212 g/mol. The normalized spacial score (nSPS) is 10.6. The molecule has 0 saturated heterocycles. The van der Waals surface area contributed by atoms with Crippen LogP contribution in [0.1, 0.15) is 24.5 Å². The van der Waals surface area contributed by atoms with Crippen molar-refractivity contribution in [3.05, 3.63) is 29.3 Å². The fraction of sp³-hybridized carbons (Fsp3) is 0.273. The van der Waals surface area contributed by atoms with Gasteiger partial charge in [-0.3, -0.25) is 4.55 Å². The molecule has 0 unspecified atom stereocenters. The second-order valence-electron chi connectivity index (χ2n) is 3.11. The molecule has 0 aliphatic heterocycles. The first-order chi connectivity index (χ1) is 6.95. The SMILES string of the molecule is CCC#Cc1cc(S(=O)(=O)O)ccc1C. The van der Waals surface area contributed by atoms with Crippen molar-refractivity contribution < 1.29 is 13.0 Å². The van der Waals surface area contributed by atoms with Gasteiger partial charge in [-0.1, -0.05) is 24.8 Å². The maximum atomic E-state index is 10.9. The third-order valence-electron chi connectivity index (χ3n) is 1.91. The van der Waals surface area contributed by atoms with E-state index in [2.05, 4.69) is 11.8 Å². The van der Waals surface area contributed by atoms with Crippen LogP contribution >= 0.6 is 0 Å². The highest BCUT2D eigenvalue weighted by molar-refractivity contribution is 7.85. The quantitative estimate of drug-likeness (QED) is 0.586. The predicted octanol–water partition coefficient (Wildman–Crippen LogP) is 2.00. The summed E-state index contributed by atoms with van der Waals surface area (Å²) in [6.45, 7) is 3.75. The van der Waals surface area contributed by atoms with E-state index < -0.39 is 10.1 Å². The van der Waals surface area contributed by atoms with Crippen molar-refractivity contribution in [3.63, 3.8) is 0 Å². The van der Waals surface area contributed by atoms with Gasteiger partial charge in [0.1, 0.15) is 0 Å². The average Bonchev–Trinajstić information content (AvgIpc) is 2.15. The summed E-state index contributed by atoms with van der Waals surface area (Å²) in [5, 5.41) is 0. The Labute approximate surface area is 89.9 Å². The van der Waals surface area contributed by atoms with E-state index in [1.807, 2.05) is 13.8 Å². The third-order valence-corrected chi connectivity index (χ3v) is 2.76. The van der Waals surface area contributed by atoms with Crippen LogP contribution in [0.2, 0.25) is 0 Å². The first-order valence-corrected chi connectivity index (χ1v) is 5.96. The summed E-state index contributed by atoms with van der Waals surface area (Å²) in [4.78, 5) is -0.117. The summed E-state index contributed by atoms with van der Waals surface area (Å²) in [5.74, 6) is 5.71. The second kappa shape index (κ2) is 4.47. The van der Waals surface area contributed by atoms with Crippen LogP contribution in [0.15, 0.2) is 23.1 Å². The van der Waals surface area contributed by atoms with Gasteiger partial charge < -0.3 is 0 Å². The summed E-state index contributed by atoms with van der Waals surface area (Å²) >= 11 is 0. The molecule has 0 spiro atoms. The highest BCUT2D eigenvalue weighted by Crippen LogP contribution is 2.14. The lowest BCUT2D eigenvalue weighted by atomic mass is 10.1. The molecule has 0 fully saturated rings. The van der Waals surface area contributed by atoms with E-state index in [1.54, 1.807) is 6.07 Å². The summed E-state index contributed by atoms with van der Waals surface area (Å²) in [6.07, 6.45) is 0.704. The monoisotopic (exact) mass is 224 g/mol. The fourth-order valence-electron chi connectivity index (χ4n) is 1.08. The van der Waals surface area contributed by atoms with E-state index in [0.717, 1.165) is 5.56 Å². The summed E-state index contributed by atoms with van der Waals surface area (Å²) < 4.78 is 30.6. The van der Waals surface area contributed by atoms with Gasteiger partial charge in [-0.05, 0) is 24.6 Å². The van der Waals surface area contributed by atoms with Gasteiger partial charge in [0, 0.05) is 12.0 Å². The van der Waals surface area contributed by atoms with E-state index >= 15 is 0 Å². The molecule has 0 heterocycles. The Kier molecular flexibility index (Phi) is 3.51. The Morgan fingerprint density at radius 2 is 2.07 bits per heavy atom. The minimum absolute atomic E-state index is 0.117. The van der Waals surface area contributed by atoms with Crippen LogP contribution in [0, 0.1) is 18.8 Å². The van der Waals surface area contributed by atoms with E-state index in [1.165, 1.54) is 12.1 Å². The lowest BCUT2D eigenvalue weighted by Gasteiger charge is -2.01. The topological polar surface area (TPSA) is 54.4 Å². The van der Waals surface area contributed by atoms with E-state index in [9.17, 15) is 8.42 Å². The van der Waals surface area contributed by atoms with E-state index in [-0.39, 0.29) is 4.90 Å². The molecule has 15 heavy (non-hydrogen) atoms. The summed E-state index contributed by atoms with van der Waals surface area (Å²) in [6, 6.07) is 4.37. The van der Waals surface area contributed by atoms with Crippen molar-refractivity contribution in [1.82, 2.24) is 0 Å². The Bertz CT molecular complexity index is 518. The molecule has 0 amide bonds. The second-order valence-corrected chi connectivity index (χ2v) is 4.53. The number of benzene rings is 1. The van der Waals surface area contributed by atoms with Crippen molar-refractivity contribution in [2.75, 3.05) is 0 Å². The van der Waals surface area contributed by atoms with Crippen molar-refractivity contribution >= 4 is 10.1 Å². The minimum atomic E-state index is -4.13. The van der Waals surface area contributed by atoms with Crippen LogP contribution in [-0.2, 0) is 10.1 Å². The van der Waals surface area contributed by atoms with E-state index in [0.29, 0.717) is 12.0 Å². The Balaban J connectivity index is 3.29. The summed E-state index contributed by atoms with van der Waals surface area (Å²) in [7, 11) is -4.13. The highest BCUT2D eigenvalue weighted by Gasteiger charge is 2.10. The van der Waals surface area contributed by atoms with Gasteiger partial charge in [0.05, 0.1) is 4.90 Å². The Morgan fingerprint density at radius 3 is 2.60 bits per heavy atom. The maximum Gasteiger partial charge on any atom is 0.294 e. The van der Waals surface area contributed by atoms with Crippen LogP contribution in [0.25, 0.3) is 0 Å². The maximum absolute atomic E-state index is 10.9. The first kappa shape index (κ1) is 11.8. The molecule has 80 valence electrons. The lowest BCUT2D eigenvalue weighted by molar-refractivity contribution is 0.483. The number of rotatable bonds is 1. The number of aryl methyl sites for hydroxylation is 1. The van der Waals surface area contributed by atoms with Gasteiger partial charge >= 0.3 is 0 Å². The minimum Gasteiger partial charge on any atom is -0.282 e. The molecule has 1 rings (SSSR count). The van der Waals surface area contributed by atoms with Gasteiger partial charge in [0.2, 0.25) is 0 Å². The molecule has 1 aromatic carbocycles. The van der Waals surface area contributed by atoms with Crippen molar-refractivity contribution in [2.45, 2.75) is 25.2 Å². The third kappa shape index (κ3) is 3.08. The van der Waals surface area contributed by atoms with Crippen LogP contribution in [0.4, 0.5) is 0 Å². The molecule has 0 aromatic heterocycles. The number of hydrogen-bond acceptors (Lipinski definition) is 2. The first-order valence-electron chi connectivity index (χ1n) is 4.52. The molecule has 0 saturated carbocycles. The molecular formula is C11H12O3S. The van der Waals surface area contributed by atoms with Crippen LogP contribution in [0.5, 0.6) is 0 Å².